The number of aliphatic hydroxyl groups is 1. The first kappa shape index (κ1) is 19.4. The minimum absolute atomic E-state index is 0.257. The van der Waals surface area contributed by atoms with Gasteiger partial charge in [0.15, 0.2) is 0 Å². The third kappa shape index (κ3) is 3.90. The van der Waals surface area contributed by atoms with Crippen LogP contribution in [0.25, 0.3) is 21.0 Å². The summed E-state index contributed by atoms with van der Waals surface area (Å²) in [6, 6.07) is 17.2. The van der Waals surface area contributed by atoms with Crippen molar-refractivity contribution in [2.75, 3.05) is 37.6 Å². The van der Waals surface area contributed by atoms with Gasteiger partial charge in [-0.3, -0.25) is 4.90 Å². The maximum atomic E-state index is 13.6. The number of rotatable bonds is 5. The van der Waals surface area contributed by atoms with Gasteiger partial charge in [0.2, 0.25) is 0 Å². The zero-order valence-corrected chi connectivity index (χ0v) is 17.5. The summed E-state index contributed by atoms with van der Waals surface area (Å²) in [5.41, 5.74) is 1.87. The number of aromatic nitrogens is 1. The number of halogens is 1. The Kier molecular flexibility index (Phi) is 5.37. The predicted octanol–water partition coefficient (Wildman–Crippen LogP) is 4.83. The number of thiophene rings is 1. The third-order valence-corrected chi connectivity index (χ3v) is 6.90. The molecule has 5 rings (SSSR count). The van der Waals surface area contributed by atoms with E-state index >= 15 is 0 Å². The maximum Gasteiger partial charge on any atom is 0.129 e. The number of nitrogens with zero attached hydrogens (tertiary/aromatic N) is 3. The highest BCUT2D eigenvalue weighted by Gasteiger charge is 2.20. The lowest BCUT2D eigenvalue weighted by Gasteiger charge is -2.35. The molecule has 0 aliphatic carbocycles. The van der Waals surface area contributed by atoms with Crippen LogP contribution in [0.15, 0.2) is 60.0 Å². The summed E-state index contributed by atoms with van der Waals surface area (Å²) in [7, 11) is 0. The molecule has 1 unspecified atom stereocenters. The van der Waals surface area contributed by atoms with Gasteiger partial charge in [0.25, 0.3) is 0 Å². The Morgan fingerprint density at radius 1 is 1.03 bits per heavy atom. The van der Waals surface area contributed by atoms with Gasteiger partial charge in [0.1, 0.15) is 11.6 Å². The molecule has 0 spiro atoms. The predicted molar refractivity (Wildman–Crippen MR) is 122 cm³/mol. The maximum absolute atomic E-state index is 13.6. The summed E-state index contributed by atoms with van der Waals surface area (Å²) in [6.45, 7) is 4.56. The standard InChI is InChI=1S/C24H24FN3OS/c25-18-6-7-23-19(15-18)20(16-30-23)22(29)9-10-27-11-13-28(14-12-27)24-8-5-17-3-1-2-4-21(17)26-24/h1-8,15-16,22,29H,9-14H2. The highest BCUT2D eigenvalue weighted by atomic mass is 32.1. The van der Waals surface area contributed by atoms with E-state index in [1.165, 1.54) is 12.1 Å². The van der Waals surface area contributed by atoms with Gasteiger partial charge >= 0.3 is 0 Å². The molecule has 1 N–H and O–H groups in total. The lowest BCUT2D eigenvalue weighted by molar-refractivity contribution is 0.141. The summed E-state index contributed by atoms with van der Waals surface area (Å²) in [5, 5.41) is 14.6. The van der Waals surface area contributed by atoms with Crippen molar-refractivity contribution < 1.29 is 9.50 Å². The number of anilines is 1. The summed E-state index contributed by atoms with van der Waals surface area (Å²) in [6.07, 6.45) is 0.0806. The van der Waals surface area contributed by atoms with Gasteiger partial charge < -0.3 is 10.0 Å². The van der Waals surface area contributed by atoms with Gasteiger partial charge in [-0.25, -0.2) is 9.37 Å². The summed E-state index contributed by atoms with van der Waals surface area (Å²) in [4.78, 5) is 9.52. The Balaban J connectivity index is 1.18. The number of hydrogen-bond acceptors (Lipinski definition) is 5. The van der Waals surface area contributed by atoms with Crippen LogP contribution in [0.3, 0.4) is 0 Å². The second kappa shape index (κ2) is 8.30. The minimum atomic E-state index is -0.569. The van der Waals surface area contributed by atoms with Crippen molar-refractivity contribution in [2.24, 2.45) is 0 Å². The molecule has 0 radical (unpaired) electrons. The van der Waals surface area contributed by atoms with E-state index in [0.717, 1.165) is 65.1 Å². The average molecular weight is 422 g/mol. The average Bonchev–Trinajstić information content (AvgIpc) is 3.20. The van der Waals surface area contributed by atoms with Crippen molar-refractivity contribution in [1.29, 1.82) is 0 Å². The van der Waals surface area contributed by atoms with Crippen molar-refractivity contribution in [2.45, 2.75) is 12.5 Å². The van der Waals surface area contributed by atoms with Crippen LogP contribution >= 0.6 is 11.3 Å². The number of piperazine rings is 1. The van der Waals surface area contributed by atoms with Crippen molar-refractivity contribution in [3.05, 3.63) is 71.4 Å². The quantitative estimate of drug-likeness (QED) is 0.501. The molecule has 6 heteroatoms. The smallest absolute Gasteiger partial charge is 0.129 e. The topological polar surface area (TPSA) is 39.6 Å². The number of fused-ring (bicyclic) bond motifs is 2. The molecule has 0 saturated carbocycles. The van der Waals surface area contributed by atoms with E-state index in [-0.39, 0.29) is 5.82 Å². The number of pyridine rings is 1. The molecule has 1 aliphatic heterocycles. The highest BCUT2D eigenvalue weighted by molar-refractivity contribution is 7.17. The lowest BCUT2D eigenvalue weighted by atomic mass is 10.0. The Hall–Kier alpha value is -2.54. The molecule has 1 saturated heterocycles. The Morgan fingerprint density at radius 3 is 2.73 bits per heavy atom. The fraction of sp³-hybridized carbons (Fsp3) is 0.292. The summed E-state index contributed by atoms with van der Waals surface area (Å²) >= 11 is 1.56. The zero-order chi connectivity index (χ0) is 20.5. The molecule has 0 bridgehead atoms. The van der Waals surface area contributed by atoms with Gasteiger partial charge in [-0.2, -0.15) is 0 Å². The van der Waals surface area contributed by atoms with Gasteiger partial charge in [-0.15, -0.1) is 11.3 Å². The highest BCUT2D eigenvalue weighted by Crippen LogP contribution is 2.32. The zero-order valence-electron chi connectivity index (χ0n) is 16.7. The molecule has 4 aromatic rings. The third-order valence-electron chi connectivity index (χ3n) is 5.92. The van der Waals surface area contributed by atoms with E-state index in [4.69, 9.17) is 4.98 Å². The van der Waals surface area contributed by atoms with Gasteiger partial charge in [0.05, 0.1) is 11.6 Å². The second-order valence-corrected chi connectivity index (χ2v) is 8.74. The first-order valence-electron chi connectivity index (χ1n) is 10.4. The van der Waals surface area contributed by atoms with Crippen LogP contribution in [0.5, 0.6) is 0 Å². The second-order valence-electron chi connectivity index (χ2n) is 7.83. The Labute approximate surface area is 179 Å². The van der Waals surface area contributed by atoms with Crippen LogP contribution in [0.1, 0.15) is 18.1 Å². The monoisotopic (exact) mass is 421 g/mol. The van der Waals surface area contributed by atoms with Crippen LogP contribution in [0.2, 0.25) is 0 Å². The molecular formula is C24H24FN3OS. The van der Waals surface area contributed by atoms with E-state index in [1.807, 2.05) is 17.5 Å². The molecule has 2 aromatic heterocycles. The van der Waals surface area contributed by atoms with Crippen LogP contribution in [-0.2, 0) is 0 Å². The van der Waals surface area contributed by atoms with Gasteiger partial charge in [-0.05, 0) is 53.8 Å². The molecule has 4 nitrogen and oxygen atoms in total. The summed E-state index contributed by atoms with van der Waals surface area (Å²) in [5.74, 6) is 0.771. The number of benzene rings is 2. The molecule has 2 aromatic carbocycles. The molecule has 154 valence electrons. The van der Waals surface area contributed by atoms with Crippen LogP contribution in [0.4, 0.5) is 10.2 Å². The number of hydrogen-bond donors (Lipinski definition) is 1. The van der Waals surface area contributed by atoms with E-state index in [9.17, 15) is 9.50 Å². The molecule has 1 aliphatic rings. The SMILES string of the molecule is OC(CCN1CCN(c2ccc3ccccc3n2)CC1)c1csc2ccc(F)cc12. The Morgan fingerprint density at radius 2 is 1.87 bits per heavy atom. The first-order valence-corrected chi connectivity index (χ1v) is 11.2. The molecular weight excluding hydrogens is 397 g/mol. The normalized spacial score (nSPS) is 16.4. The van der Waals surface area contributed by atoms with E-state index in [1.54, 1.807) is 17.4 Å². The molecule has 3 heterocycles. The molecule has 30 heavy (non-hydrogen) atoms. The van der Waals surface area contributed by atoms with Crippen molar-refractivity contribution >= 4 is 38.1 Å². The fourth-order valence-electron chi connectivity index (χ4n) is 4.17. The molecule has 1 fully saturated rings. The van der Waals surface area contributed by atoms with Crippen molar-refractivity contribution in [3.63, 3.8) is 0 Å². The number of aliphatic hydroxyl groups excluding tert-OH is 1. The van der Waals surface area contributed by atoms with Crippen molar-refractivity contribution in [1.82, 2.24) is 9.88 Å². The van der Waals surface area contributed by atoms with E-state index in [0.29, 0.717) is 6.42 Å². The molecule has 0 amide bonds. The van der Waals surface area contributed by atoms with Crippen LogP contribution in [-0.4, -0.2) is 47.7 Å². The first-order chi connectivity index (χ1) is 14.7. The summed E-state index contributed by atoms with van der Waals surface area (Å²) < 4.78 is 14.6. The van der Waals surface area contributed by atoms with Crippen LogP contribution in [0, 0.1) is 5.82 Å². The fourth-order valence-corrected chi connectivity index (χ4v) is 5.16. The van der Waals surface area contributed by atoms with E-state index < -0.39 is 6.10 Å². The lowest BCUT2D eigenvalue weighted by Crippen LogP contribution is -2.47. The van der Waals surface area contributed by atoms with Gasteiger partial charge in [-0.1, -0.05) is 18.2 Å². The number of para-hydroxylation sites is 1. The Bertz CT molecular complexity index is 1170. The van der Waals surface area contributed by atoms with E-state index in [2.05, 4.69) is 34.1 Å². The van der Waals surface area contributed by atoms with Crippen molar-refractivity contribution in [3.8, 4) is 0 Å². The van der Waals surface area contributed by atoms with Gasteiger partial charge in [0, 0.05) is 48.2 Å². The minimum Gasteiger partial charge on any atom is -0.388 e. The molecule has 1 atom stereocenters. The largest absolute Gasteiger partial charge is 0.388 e. The van der Waals surface area contributed by atoms with Crippen LogP contribution < -0.4 is 4.90 Å².